The Labute approximate surface area is 226 Å². The normalized spacial score (nSPS) is 17.1. The third-order valence-corrected chi connectivity index (χ3v) is 7.19. The van der Waals surface area contributed by atoms with E-state index in [1.165, 1.54) is 7.11 Å². The van der Waals surface area contributed by atoms with Crippen LogP contribution in [-0.4, -0.2) is 83.9 Å². The Kier molecular flexibility index (Phi) is 9.51. The van der Waals surface area contributed by atoms with Crippen LogP contribution in [0, 0.1) is 0 Å². The largest absolute Gasteiger partial charge is 0.493 e. The number of thioether (sulfide) groups is 1. The Bertz CT molecular complexity index is 1180. The maximum atomic E-state index is 13.2. The van der Waals surface area contributed by atoms with Crippen molar-refractivity contribution in [3.8, 4) is 11.5 Å². The Hall–Kier alpha value is -3.25. The molecule has 0 aliphatic carbocycles. The van der Waals surface area contributed by atoms with E-state index in [2.05, 4.69) is 17.2 Å². The van der Waals surface area contributed by atoms with Crippen molar-refractivity contribution in [2.45, 2.75) is 44.8 Å². The van der Waals surface area contributed by atoms with Crippen molar-refractivity contribution in [2.24, 2.45) is 0 Å². The van der Waals surface area contributed by atoms with Crippen LogP contribution in [0.25, 0.3) is 0 Å². The van der Waals surface area contributed by atoms with E-state index >= 15 is 0 Å². The number of morpholine rings is 1. The fourth-order valence-corrected chi connectivity index (χ4v) is 4.93. The van der Waals surface area contributed by atoms with Gasteiger partial charge in [-0.1, -0.05) is 31.7 Å². The molecule has 1 aromatic carbocycles. The number of esters is 1. The van der Waals surface area contributed by atoms with Crippen molar-refractivity contribution in [3.63, 3.8) is 0 Å². The zero-order chi connectivity index (χ0) is 27.1. The van der Waals surface area contributed by atoms with Crippen LogP contribution in [-0.2, 0) is 19.1 Å². The minimum atomic E-state index is -0.586. The third kappa shape index (κ3) is 6.24. The molecule has 1 amide bonds. The van der Waals surface area contributed by atoms with E-state index in [0.29, 0.717) is 73.2 Å². The first-order valence-corrected chi connectivity index (χ1v) is 13.9. The lowest BCUT2D eigenvalue weighted by Gasteiger charge is -2.28. The number of amides is 1. The third-order valence-electron chi connectivity index (χ3n) is 6.14. The lowest BCUT2D eigenvalue weighted by molar-refractivity contribution is -0.139. The maximum Gasteiger partial charge on any atom is 0.338 e. The molecule has 0 saturated carbocycles. The van der Waals surface area contributed by atoms with Crippen molar-refractivity contribution < 1.29 is 28.5 Å². The van der Waals surface area contributed by atoms with Crippen LogP contribution in [0.2, 0.25) is 0 Å². The molecule has 2 aromatic rings. The molecule has 206 valence electrons. The van der Waals surface area contributed by atoms with Gasteiger partial charge in [0, 0.05) is 24.5 Å². The van der Waals surface area contributed by atoms with E-state index < -0.39 is 12.0 Å². The summed E-state index contributed by atoms with van der Waals surface area (Å²) < 4.78 is 24.0. The number of hydrogen-bond donors (Lipinski definition) is 1. The molecule has 0 spiro atoms. The summed E-state index contributed by atoms with van der Waals surface area (Å²) >= 11 is 1.56. The summed E-state index contributed by atoms with van der Waals surface area (Å²) in [5.41, 5.74) is 1.84. The Morgan fingerprint density at radius 2 is 1.97 bits per heavy atom. The molecular formula is C26H35N5O6S. The standard InChI is InChI=1S/C26H35N5O6S/c1-5-11-36-24(33)22-17(3)27-25-28-26(38-14-6-2)29-31(25)23(22)18-7-8-19(20(15-18)34-4)37-16-21(32)30-9-12-35-13-10-30/h7-8,15,23H,5-6,9-14,16H2,1-4H3,(H,27,28,29). The van der Waals surface area contributed by atoms with Gasteiger partial charge in [0.15, 0.2) is 18.1 Å². The molecule has 1 N–H and O–H groups in total. The van der Waals surface area contributed by atoms with Crippen molar-refractivity contribution in [3.05, 3.63) is 35.0 Å². The van der Waals surface area contributed by atoms with Crippen molar-refractivity contribution in [2.75, 3.05) is 57.7 Å². The van der Waals surface area contributed by atoms with Crippen LogP contribution >= 0.6 is 11.8 Å². The number of allylic oxidation sites excluding steroid dienone is 1. The van der Waals surface area contributed by atoms with E-state index in [0.717, 1.165) is 17.7 Å². The highest BCUT2D eigenvalue weighted by molar-refractivity contribution is 7.99. The van der Waals surface area contributed by atoms with Gasteiger partial charge in [0.1, 0.15) is 6.04 Å². The zero-order valence-electron chi connectivity index (χ0n) is 22.3. The average Bonchev–Trinajstić information content (AvgIpc) is 3.35. The number of fused-ring (bicyclic) bond motifs is 1. The molecule has 1 saturated heterocycles. The molecule has 12 heteroatoms. The molecule has 0 bridgehead atoms. The van der Waals surface area contributed by atoms with Gasteiger partial charge in [-0.15, -0.1) is 5.10 Å². The summed E-state index contributed by atoms with van der Waals surface area (Å²) in [7, 11) is 1.54. The van der Waals surface area contributed by atoms with E-state index in [9.17, 15) is 9.59 Å². The fourth-order valence-electron chi connectivity index (χ4n) is 4.25. The molecule has 38 heavy (non-hydrogen) atoms. The minimum absolute atomic E-state index is 0.109. The lowest BCUT2D eigenvalue weighted by Crippen LogP contribution is -2.43. The maximum absolute atomic E-state index is 13.2. The van der Waals surface area contributed by atoms with Crippen LogP contribution in [0.1, 0.15) is 45.2 Å². The van der Waals surface area contributed by atoms with Gasteiger partial charge < -0.3 is 29.2 Å². The number of rotatable bonds is 11. The highest BCUT2D eigenvalue weighted by Crippen LogP contribution is 2.40. The first kappa shape index (κ1) is 27.8. The Balaban J connectivity index is 1.64. The second-order valence-corrected chi connectivity index (χ2v) is 9.97. The number of methoxy groups -OCH3 is 1. The summed E-state index contributed by atoms with van der Waals surface area (Å²) in [5, 5.41) is 8.56. The van der Waals surface area contributed by atoms with E-state index in [4.69, 9.17) is 24.0 Å². The summed E-state index contributed by atoms with van der Waals surface area (Å²) in [6.45, 7) is 8.24. The molecule has 1 fully saturated rings. The number of benzene rings is 1. The van der Waals surface area contributed by atoms with Crippen LogP contribution in [0.15, 0.2) is 34.6 Å². The molecule has 4 rings (SSSR count). The van der Waals surface area contributed by atoms with Gasteiger partial charge in [-0.3, -0.25) is 4.79 Å². The second-order valence-electron chi connectivity index (χ2n) is 8.91. The van der Waals surface area contributed by atoms with Crippen LogP contribution in [0.4, 0.5) is 5.95 Å². The van der Waals surface area contributed by atoms with Crippen molar-refractivity contribution in [1.29, 1.82) is 0 Å². The van der Waals surface area contributed by atoms with Crippen LogP contribution in [0.3, 0.4) is 0 Å². The first-order valence-electron chi connectivity index (χ1n) is 12.9. The van der Waals surface area contributed by atoms with Gasteiger partial charge in [-0.2, -0.15) is 4.98 Å². The number of carbonyl (C=O) groups excluding carboxylic acids is 2. The number of hydrogen-bond acceptors (Lipinski definition) is 10. The molecule has 1 unspecified atom stereocenters. The number of carbonyl (C=O) groups is 2. The molecular weight excluding hydrogens is 510 g/mol. The zero-order valence-corrected chi connectivity index (χ0v) is 23.1. The monoisotopic (exact) mass is 545 g/mol. The Morgan fingerprint density at radius 1 is 1.18 bits per heavy atom. The van der Waals surface area contributed by atoms with Crippen molar-refractivity contribution >= 4 is 29.6 Å². The van der Waals surface area contributed by atoms with Gasteiger partial charge in [0.05, 0.1) is 32.5 Å². The van der Waals surface area contributed by atoms with E-state index in [-0.39, 0.29) is 12.5 Å². The lowest BCUT2D eigenvalue weighted by atomic mass is 9.95. The SMILES string of the molecule is CCCOC(=O)C1=C(C)Nc2nc(SCCC)nn2C1c1ccc(OCC(=O)N2CCOCC2)c(OC)c1. The minimum Gasteiger partial charge on any atom is -0.493 e. The predicted octanol–water partition coefficient (Wildman–Crippen LogP) is 3.27. The van der Waals surface area contributed by atoms with Crippen molar-refractivity contribution in [1.82, 2.24) is 19.7 Å². The molecule has 1 atom stereocenters. The summed E-state index contributed by atoms with van der Waals surface area (Å²) in [4.78, 5) is 32.1. The van der Waals surface area contributed by atoms with E-state index in [1.807, 2.05) is 19.9 Å². The number of anilines is 1. The fraction of sp³-hybridized carbons (Fsp3) is 0.538. The van der Waals surface area contributed by atoms with Gasteiger partial charge in [0.2, 0.25) is 11.1 Å². The molecule has 3 heterocycles. The smallest absolute Gasteiger partial charge is 0.338 e. The molecule has 2 aliphatic heterocycles. The van der Waals surface area contributed by atoms with Crippen LogP contribution in [0.5, 0.6) is 11.5 Å². The van der Waals surface area contributed by atoms with Crippen LogP contribution < -0.4 is 14.8 Å². The average molecular weight is 546 g/mol. The number of nitrogens with zero attached hydrogens (tertiary/aromatic N) is 4. The number of ether oxygens (including phenoxy) is 4. The van der Waals surface area contributed by atoms with Gasteiger partial charge in [-0.25, -0.2) is 9.48 Å². The van der Waals surface area contributed by atoms with Gasteiger partial charge in [-0.05, 0) is 37.5 Å². The molecule has 1 aromatic heterocycles. The predicted molar refractivity (Wildman–Crippen MR) is 143 cm³/mol. The molecule has 11 nitrogen and oxygen atoms in total. The highest BCUT2D eigenvalue weighted by Gasteiger charge is 2.36. The van der Waals surface area contributed by atoms with E-state index in [1.54, 1.807) is 33.5 Å². The first-order chi connectivity index (χ1) is 18.5. The summed E-state index contributed by atoms with van der Waals surface area (Å²) in [5.74, 6) is 1.78. The second kappa shape index (κ2) is 13.0. The quantitative estimate of drug-likeness (QED) is 0.333. The van der Waals surface area contributed by atoms with Gasteiger partial charge >= 0.3 is 5.97 Å². The number of nitrogens with one attached hydrogen (secondary N) is 1. The number of aromatic nitrogens is 3. The molecule has 2 aliphatic rings. The molecule has 0 radical (unpaired) electrons. The highest BCUT2D eigenvalue weighted by atomic mass is 32.2. The summed E-state index contributed by atoms with van der Waals surface area (Å²) in [6, 6.07) is 4.81. The van der Waals surface area contributed by atoms with Gasteiger partial charge in [0.25, 0.3) is 5.91 Å². The summed E-state index contributed by atoms with van der Waals surface area (Å²) in [6.07, 6.45) is 1.70. The Morgan fingerprint density at radius 3 is 2.68 bits per heavy atom. The topological polar surface area (TPSA) is 117 Å².